The highest BCUT2D eigenvalue weighted by Crippen LogP contribution is 2.18. The van der Waals surface area contributed by atoms with Gasteiger partial charge in [0.05, 0.1) is 0 Å². The fraction of sp³-hybridized carbons (Fsp3) is 0.533. The molecule has 0 aliphatic heterocycles. The fourth-order valence-corrected chi connectivity index (χ4v) is 2.34. The summed E-state index contributed by atoms with van der Waals surface area (Å²) in [5, 5.41) is 2.96. The molecule has 0 aliphatic carbocycles. The topological polar surface area (TPSA) is 29.1 Å². The quantitative estimate of drug-likeness (QED) is 0.763. The summed E-state index contributed by atoms with van der Waals surface area (Å²) in [6, 6.07) is 8.42. The monoisotopic (exact) mass is 265 g/mol. The molecule has 0 unspecified atom stereocenters. The van der Waals surface area contributed by atoms with Crippen molar-refractivity contribution in [3.05, 3.63) is 29.8 Å². The van der Waals surface area contributed by atoms with Crippen molar-refractivity contribution in [1.82, 2.24) is 5.32 Å². The first-order valence-electron chi connectivity index (χ1n) is 6.54. The highest BCUT2D eigenvalue weighted by molar-refractivity contribution is 7.99. The van der Waals surface area contributed by atoms with Crippen LogP contribution in [0.25, 0.3) is 0 Å². The summed E-state index contributed by atoms with van der Waals surface area (Å²) in [7, 11) is 0. The minimum absolute atomic E-state index is 0.162. The largest absolute Gasteiger partial charge is 0.356 e. The molecule has 100 valence electrons. The normalized spacial score (nSPS) is 10.7. The molecular formula is C15H23NOS. The van der Waals surface area contributed by atoms with Gasteiger partial charge in [-0.2, -0.15) is 0 Å². The van der Waals surface area contributed by atoms with E-state index in [1.807, 2.05) is 0 Å². The number of aryl methyl sites for hydroxylation is 1. The Labute approximate surface area is 115 Å². The molecule has 0 saturated heterocycles. The van der Waals surface area contributed by atoms with Gasteiger partial charge in [-0.05, 0) is 31.4 Å². The molecule has 0 aliphatic rings. The lowest BCUT2D eigenvalue weighted by atomic mass is 10.1. The van der Waals surface area contributed by atoms with Gasteiger partial charge in [-0.1, -0.05) is 31.5 Å². The lowest BCUT2D eigenvalue weighted by Crippen LogP contribution is -2.25. The smallest absolute Gasteiger partial charge is 0.220 e. The zero-order valence-electron chi connectivity index (χ0n) is 11.5. The molecule has 18 heavy (non-hydrogen) atoms. The maximum absolute atomic E-state index is 11.5. The Kier molecular flexibility index (Phi) is 6.88. The third-order valence-electron chi connectivity index (χ3n) is 2.66. The highest BCUT2D eigenvalue weighted by atomic mass is 32.2. The van der Waals surface area contributed by atoms with Gasteiger partial charge in [-0.15, -0.1) is 11.8 Å². The molecule has 0 saturated carbocycles. The first kappa shape index (κ1) is 15.1. The second-order valence-corrected chi connectivity index (χ2v) is 6.11. The van der Waals surface area contributed by atoms with Gasteiger partial charge in [0, 0.05) is 23.6 Å². The summed E-state index contributed by atoms with van der Waals surface area (Å²) in [4.78, 5) is 12.8. The van der Waals surface area contributed by atoms with Crippen molar-refractivity contribution in [3.63, 3.8) is 0 Å². The van der Waals surface area contributed by atoms with Gasteiger partial charge >= 0.3 is 0 Å². The van der Waals surface area contributed by atoms with Crippen molar-refractivity contribution < 1.29 is 4.79 Å². The minimum atomic E-state index is 0.162. The van der Waals surface area contributed by atoms with Gasteiger partial charge in [-0.25, -0.2) is 0 Å². The van der Waals surface area contributed by atoms with Crippen molar-refractivity contribution in [3.8, 4) is 0 Å². The Morgan fingerprint density at radius 1 is 1.28 bits per heavy atom. The van der Waals surface area contributed by atoms with E-state index in [2.05, 4.69) is 50.4 Å². The summed E-state index contributed by atoms with van der Waals surface area (Å²) in [5.74, 6) is 1.65. The molecular weight excluding hydrogens is 242 g/mol. The van der Waals surface area contributed by atoms with Crippen LogP contribution in [0.3, 0.4) is 0 Å². The number of hydrogen-bond acceptors (Lipinski definition) is 2. The van der Waals surface area contributed by atoms with Crippen LogP contribution in [0.4, 0.5) is 0 Å². The predicted octanol–water partition coefficient (Wildman–Crippen LogP) is 3.64. The summed E-state index contributed by atoms with van der Waals surface area (Å²) >= 11 is 1.74. The Hall–Kier alpha value is -0.960. The number of nitrogens with one attached hydrogen (secondary N) is 1. The van der Waals surface area contributed by atoms with Crippen LogP contribution in [0.5, 0.6) is 0 Å². The molecule has 0 spiro atoms. The van der Waals surface area contributed by atoms with Gasteiger partial charge < -0.3 is 5.32 Å². The average Bonchev–Trinajstić information content (AvgIpc) is 2.31. The molecule has 0 aromatic heterocycles. The number of carbonyl (C=O) groups excluding carboxylic acids is 1. The van der Waals surface area contributed by atoms with E-state index < -0.39 is 0 Å². The molecule has 1 aromatic rings. The lowest BCUT2D eigenvalue weighted by molar-refractivity contribution is -0.120. The summed E-state index contributed by atoms with van der Waals surface area (Å²) < 4.78 is 0. The molecule has 2 nitrogen and oxygen atoms in total. The zero-order valence-corrected chi connectivity index (χ0v) is 12.3. The summed E-state index contributed by atoms with van der Waals surface area (Å²) in [6.45, 7) is 7.21. The third kappa shape index (κ3) is 6.70. The van der Waals surface area contributed by atoms with Crippen molar-refractivity contribution in [2.45, 2.75) is 38.5 Å². The predicted molar refractivity (Wildman–Crippen MR) is 79.0 cm³/mol. The molecule has 1 rings (SSSR count). The first-order valence-corrected chi connectivity index (χ1v) is 7.52. The molecule has 1 amide bonds. The molecule has 0 atom stereocenters. The Morgan fingerprint density at radius 3 is 2.56 bits per heavy atom. The molecule has 0 heterocycles. The van der Waals surface area contributed by atoms with Gasteiger partial charge in [-0.3, -0.25) is 4.79 Å². The van der Waals surface area contributed by atoms with Gasteiger partial charge in [0.1, 0.15) is 0 Å². The second-order valence-electron chi connectivity index (χ2n) is 4.94. The van der Waals surface area contributed by atoms with Crippen LogP contribution in [0, 0.1) is 12.8 Å². The Balaban J connectivity index is 2.13. The van der Waals surface area contributed by atoms with Crippen molar-refractivity contribution >= 4 is 17.7 Å². The van der Waals surface area contributed by atoms with E-state index in [9.17, 15) is 4.79 Å². The van der Waals surface area contributed by atoms with Crippen molar-refractivity contribution in [2.24, 2.45) is 5.92 Å². The molecule has 0 bridgehead atoms. The van der Waals surface area contributed by atoms with Crippen LogP contribution in [0.2, 0.25) is 0 Å². The summed E-state index contributed by atoms with van der Waals surface area (Å²) in [5.41, 5.74) is 1.27. The van der Waals surface area contributed by atoms with Gasteiger partial charge in [0.2, 0.25) is 5.91 Å². The SMILES string of the molecule is Cc1ccc(SCCC(=O)NCCC(C)C)cc1. The van der Waals surface area contributed by atoms with Crippen LogP contribution >= 0.6 is 11.8 Å². The van der Waals surface area contributed by atoms with E-state index in [1.165, 1.54) is 10.5 Å². The molecule has 0 radical (unpaired) electrons. The minimum Gasteiger partial charge on any atom is -0.356 e. The van der Waals surface area contributed by atoms with E-state index in [0.29, 0.717) is 12.3 Å². The average molecular weight is 265 g/mol. The number of carbonyl (C=O) groups is 1. The number of hydrogen-bond donors (Lipinski definition) is 1. The van der Waals surface area contributed by atoms with E-state index in [0.717, 1.165) is 18.7 Å². The van der Waals surface area contributed by atoms with E-state index in [1.54, 1.807) is 11.8 Å². The molecule has 1 aromatic carbocycles. The zero-order chi connectivity index (χ0) is 13.4. The van der Waals surface area contributed by atoms with Crippen molar-refractivity contribution in [1.29, 1.82) is 0 Å². The number of benzene rings is 1. The molecule has 0 fully saturated rings. The standard InChI is InChI=1S/C15H23NOS/c1-12(2)8-10-16-15(17)9-11-18-14-6-4-13(3)5-7-14/h4-7,12H,8-11H2,1-3H3,(H,16,17). The maximum Gasteiger partial charge on any atom is 0.220 e. The lowest BCUT2D eigenvalue weighted by Gasteiger charge is -2.07. The van der Waals surface area contributed by atoms with Crippen molar-refractivity contribution in [2.75, 3.05) is 12.3 Å². The first-order chi connectivity index (χ1) is 8.58. The third-order valence-corrected chi connectivity index (χ3v) is 3.68. The van der Waals surface area contributed by atoms with Gasteiger partial charge in [0.15, 0.2) is 0 Å². The second kappa shape index (κ2) is 8.20. The fourth-order valence-electron chi connectivity index (χ4n) is 1.48. The van der Waals surface area contributed by atoms with Crippen LogP contribution in [-0.2, 0) is 4.79 Å². The van der Waals surface area contributed by atoms with E-state index in [-0.39, 0.29) is 5.91 Å². The van der Waals surface area contributed by atoms with Crippen LogP contribution < -0.4 is 5.32 Å². The molecule has 1 N–H and O–H groups in total. The van der Waals surface area contributed by atoms with Crippen LogP contribution in [0.15, 0.2) is 29.2 Å². The number of amides is 1. The van der Waals surface area contributed by atoms with Crippen LogP contribution in [0.1, 0.15) is 32.3 Å². The van der Waals surface area contributed by atoms with Gasteiger partial charge in [0.25, 0.3) is 0 Å². The Morgan fingerprint density at radius 2 is 1.94 bits per heavy atom. The number of rotatable bonds is 7. The Bertz CT molecular complexity index is 359. The molecule has 3 heteroatoms. The van der Waals surface area contributed by atoms with E-state index in [4.69, 9.17) is 0 Å². The summed E-state index contributed by atoms with van der Waals surface area (Å²) in [6.07, 6.45) is 1.65. The number of thioether (sulfide) groups is 1. The van der Waals surface area contributed by atoms with Crippen LogP contribution in [-0.4, -0.2) is 18.2 Å². The maximum atomic E-state index is 11.5. The van der Waals surface area contributed by atoms with E-state index >= 15 is 0 Å². The highest BCUT2D eigenvalue weighted by Gasteiger charge is 2.02.